The van der Waals surface area contributed by atoms with Crippen LogP contribution in [0.25, 0.3) is 0 Å². The molecule has 24 heavy (non-hydrogen) atoms. The van der Waals surface area contributed by atoms with Gasteiger partial charge in [0.1, 0.15) is 5.75 Å². The van der Waals surface area contributed by atoms with Gasteiger partial charge in [-0.2, -0.15) is 0 Å². The van der Waals surface area contributed by atoms with Crippen LogP contribution in [0.3, 0.4) is 0 Å². The summed E-state index contributed by atoms with van der Waals surface area (Å²) in [7, 11) is 1.66. The first-order valence-electron chi connectivity index (χ1n) is 8.54. The predicted molar refractivity (Wildman–Crippen MR) is 92.9 cm³/mol. The van der Waals surface area contributed by atoms with Gasteiger partial charge in [-0.05, 0) is 56.4 Å². The summed E-state index contributed by atoms with van der Waals surface area (Å²) in [5.41, 5.74) is 3.47. The molecule has 0 aromatic heterocycles. The molecule has 0 N–H and O–H groups in total. The molecule has 0 bridgehead atoms. The number of fused-ring (bicyclic) bond motifs is 1. The lowest BCUT2D eigenvalue weighted by atomic mass is 9.88. The zero-order chi connectivity index (χ0) is 16.9. The van der Waals surface area contributed by atoms with Crippen molar-refractivity contribution in [1.82, 2.24) is 4.90 Å². The van der Waals surface area contributed by atoms with Crippen LogP contribution in [0, 0.1) is 11.8 Å². The van der Waals surface area contributed by atoms with Gasteiger partial charge in [0, 0.05) is 17.7 Å². The summed E-state index contributed by atoms with van der Waals surface area (Å²) in [6.07, 6.45) is 3.79. The highest BCUT2D eigenvalue weighted by atomic mass is 16.6. The molecule has 4 heteroatoms. The maximum atomic E-state index is 12.1. The maximum absolute atomic E-state index is 12.1. The number of hydrogen-bond acceptors (Lipinski definition) is 3. The number of nitrogens with zero attached hydrogens (tertiary/aromatic N) is 1. The van der Waals surface area contributed by atoms with Crippen LogP contribution in [-0.4, -0.2) is 37.3 Å². The third-order valence-corrected chi connectivity index (χ3v) is 4.62. The second kappa shape index (κ2) is 7.44. The van der Waals surface area contributed by atoms with Crippen LogP contribution in [0.4, 0.5) is 4.79 Å². The largest absolute Gasteiger partial charge is 0.497 e. The molecule has 1 fully saturated rings. The van der Waals surface area contributed by atoms with E-state index in [4.69, 9.17) is 9.47 Å². The Morgan fingerprint density at radius 1 is 1.33 bits per heavy atom. The first-order valence-corrected chi connectivity index (χ1v) is 8.54. The highest BCUT2D eigenvalue weighted by molar-refractivity contribution is 5.70. The SMILES string of the molecule is CCOC(=O)N1CCC2=C(C#Cc3cccc(OC)c3)CCC[C@@H]21. The topological polar surface area (TPSA) is 38.8 Å². The summed E-state index contributed by atoms with van der Waals surface area (Å²) in [6, 6.07) is 7.96. The Bertz CT molecular complexity index is 711. The maximum Gasteiger partial charge on any atom is 0.410 e. The Labute approximate surface area is 143 Å². The number of likely N-dealkylation sites (tertiary alicyclic amines) is 1. The molecule has 0 saturated carbocycles. The van der Waals surface area contributed by atoms with Crippen molar-refractivity contribution in [2.45, 2.75) is 38.6 Å². The van der Waals surface area contributed by atoms with Crippen molar-refractivity contribution in [1.29, 1.82) is 0 Å². The molecular weight excluding hydrogens is 302 g/mol. The monoisotopic (exact) mass is 325 g/mol. The second-order valence-electron chi connectivity index (χ2n) is 6.04. The summed E-state index contributed by atoms with van der Waals surface area (Å²) < 4.78 is 10.4. The van der Waals surface area contributed by atoms with Gasteiger partial charge in [0.05, 0.1) is 19.8 Å². The van der Waals surface area contributed by atoms with Gasteiger partial charge in [0.2, 0.25) is 0 Å². The summed E-state index contributed by atoms with van der Waals surface area (Å²) in [5.74, 6) is 7.41. The number of methoxy groups -OCH3 is 1. The average Bonchev–Trinajstić information content (AvgIpc) is 3.05. The normalized spacial score (nSPS) is 19.4. The van der Waals surface area contributed by atoms with E-state index < -0.39 is 0 Å². The number of carbonyl (C=O) groups excluding carboxylic acids is 1. The lowest BCUT2D eigenvalue weighted by Gasteiger charge is -2.28. The van der Waals surface area contributed by atoms with Gasteiger partial charge in [-0.1, -0.05) is 17.9 Å². The highest BCUT2D eigenvalue weighted by Gasteiger charge is 2.36. The number of amides is 1. The van der Waals surface area contributed by atoms with Gasteiger partial charge in [0.25, 0.3) is 0 Å². The minimum absolute atomic E-state index is 0.174. The molecule has 0 radical (unpaired) electrons. The fourth-order valence-electron chi connectivity index (χ4n) is 3.48. The number of carbonyl (C=O) groups is 1. The molecule has 4 nitrogen and oxygen atoms in total. The zero-order valence-electron chi connectivity index (χ0n) is 14.3. The van der Waals surface area contributed by atoms with E-state index in [1.807, 2.05) is 36.1 Å². The molecule has 1 atom stereocenters. The van der Waals surface area contributed by atoms with E-state index in [1.54, 1.807) is 7.11 Å². The molecule has 1 aliphatic carbocycles. The molecule has 3 rings (SSSR count). The van der Waals surface area contributed by atoms with Gasteiger partial charge in [-0.3, -0.25) is 0 Å². The number of allylic oxidation sites excluding steroid dienone is 1. The van der Waals surface area contributed by atoms with Gasteiger partial charge in [-0.25, -0.2) is 4.79 Å². The van der Waals surface area contributed by atoms with E-state index in [-0.39, 0.29) is 12.1 Å². The molecule has 1 amide bonds. The fourth-order valence-corrected chi connectivity index (χ4v) is 3.48. The van der Waals surface area contributed by atoms with E-state index >= 15 is 0 Å². The van der Waals surface area contributed by atoms with Crippen molar-refractivity contribution in [3.63, 3.8) is 0 Å². The van der Waals surface area contributed by atoms with E-state index in [9.17, 15) is 4.79 Å². The van der Waals surface area contributed by atoms with Crippen LogP contribution >= 0.6 is 0 Å². The van der Waals surface area contributed by atoms with Gasteiger partial charge < -0.3 is 14.4 Å². The lowest BCUT2D eigenvalue weighted by molar-refractivity contribution is 0.103. The van der Waals surface area contributed by atoms with E-state index in [0.717, 1.165) is 43.5 Å². The Kier molecular flexibility index (Phi) is 5.10. The Balaban J connectivity index is 1.82. The van der Waals surface area contributed by atoms with E-state index in [0.29, 0.717) is 6.61 Å². The molecule has 0 spiro atoms. The van der Waals surface area contributed by atoms with Crippen LogP contribution in [-0.2, 0) is 4.74 Å². The summed E-state index contributed by atoms with van der Waals surface area (Å²) >= 11 is 0. The summed E-state index contributed by atoms with van der Waals surface area (Å²) in [5, 5.41) is 0. The average molecular weight is 325 g/mol. The fraction of sp³-hybridized carbons (Fsp3) is 0.450. The third-order valence-electron chi connectivity index (χ3n) is 4.62. The molecule has 1 aliphatic heterocycles. The highest BCUT2D eigenvalue weighted by Crippen LogP contribution is 2.36. The van der Waals surface area contributed by atoms with Crippen molar-refractivity contribution in [2.75, 3.05) is 20.3 Å². The minimum Gasteiger partial charge on any atom is -0.497 e. The Hall–Kier alpha value is -2.41. The second-order valence-corrected chi connectivity index (χ2v) is 6.04. The van der Waals surface area contributed by atoms with Gasteiger partial charge in [-0.15, -0.1) is 0 Å². The molecule has 1 aromatic carbocycles. The summed E-state index contributed by atoms with van der Waals surface area (Å²) in [4.78, 5) is 14.0. The molecule has 1 saturated heterocycles. The predicted octanol–water partition coefficient (Wildman–Crippen LogP) is 3.76. The van der Waals surface area contributed by atoms with Crippen LogP contribution in [0.2, 0.25) is 0 Å². The lowest BCUT2D eigenvalue weighted by Crippen LogP contribution is -2.37. The van der Waals surface area contributed by atoms with Crippen molar-refractivity contribution < 1.29 is 14.3 Å². The molecule has 0 unspecified atom stereocenters. The summed E-state index contributed by atoms with van der Waals surface area (Å²) in [6.45, 7) is 3.00. The molecule has 2 aliphatic rings. The van der Waals surface area contributed by atoms with Gasteiger partial charge in [0.15, 0.2) is 0 Å². The van der Waals surface area contributed by atoms with Crippen LogP contribution in [0.5, 0.6) is 5.75 Å². The number of ether oxygens (including phenoxy) is 2. The Morgan fingerprint density at radius 3 is 3.00 bits per heavy atom. The standard InChI is InChI=1S/C20H23NO3/c1-3-24-20(22)21-13-12-18-16(7-5-9-19(18)21)11-10-15-6-4-8-17(14-15)23-2/h4,6,8,14,19H,3,5,7,9,12-13H2,1-2H3/t19-/m0/s1. The first kappa shape index (κ1) is 16.4. The minimum atomic E-state index is -0.195. The van der Waals surface area contributed by atoms with Crippen LogP contribution in [0.1, 0.15) is 38.2 Å². The van der Waals surface area contributed by atoms with Crippen LogP contribution < -0.4 is 4.74 Å². The molecular formula is C20H23NO3. The number of rotatable bonds is 2. The third kappa shape index (κ3) is 3.41. The van der Waals surface area contributed by atoms with Crippen molar-refractivity contribution >= 4 is 6.09 Å². The van der Waals surface area contributed by atoms with Crippen molar-refractivity contribution in [2.24, 2.45) is 0 Å². The van der Waals surface area contributed by atoms with Crippen molar-refractivity contribution in [3.05, 3.63) is 41.0 Å². The smallest absolute Gasteiger partial charge is 0.410 e. The van der Waals surface area contributed by atoms with Crippen LogP contribution in [0.15, 0.2) is 35.4 Å². The van der Waals surface area contributed by atoms with E-state index in [1.165, 1.54) is 11.1 Å². The van der Waals surface area contributed by atoms with Gasteiger partial charge >= 0.3 is 6.09 Å². The zero-order valence-corrected chi connectivity index (χ0v) is 14.3. The first-order chi connectivity index (χ1) is 11.7. The molecule has 1 heterocycles. The van der Waals surface area contributed by atoms with Crippen molar-refractivity contribution in [3.8, 4) is 17.6 Å². The molecule has 126 valence electrons. The Morgan fingerprint density at radius 2 is 2.21 bits per heavy atom. The number of benzene rings is 1. The number of hydrogen-bond donors (Lipinski definition) is 0. The van der Waals surface area contributed by atoms with E-state index in [2.05, 4.69) is 11.8 Å². The molecule has 1 aromatic rings. The quantitative estimate of drug-likeness (QED) is 0.777.